The smallest absolute Gasteiger partial charge is 0.225 e. The number of benzene rings is 1. The highest BCUT2D eigenvalue weighted by Crippen LogP contribution is 2.15. The van der Waals surface area contributed by atoms with Crippen LogP contribution in [0.2, 0.25) is 0 Å². The first kappa shape index (κ1) is 18.7. The van der Waals surface area contributed by atoms with Crippen molar-refractivity contribution in [2.45, 2.75) is 12.5 Å². The molecule has 1 aromatic rings. The van der Waals surface area contributed by atoms with Crippen LogP contribution in [0.15, 0.2) is 24.3 Å². The number of hydrogen-bond donors (Lipinski definition) is 1. The van der Waals surface area contributed by atoms with Gasteiger partial charge in [-0.1, -0.05) is 12.1 Å². The van der Waals surface area contributed by atoms with Crippen molar-refractivity contribution in [3.05, 3.63) is 30.1 Å². The number of amides is 1. The van der Waals surface area contributed by atoms with E-state index in [2.05, 4.69) is 5.32 Å². The summed E-state index contributed by atoms with van der Waals surface area (Å²) in [6.07, 6.45) is 0.282. The van der Waals surface area contributed by atoms with E-state index < -0.39 is 5.82 Å². The topological polar surface area (TPSA) is 50.8 Å². The van der Waals surface area contributed by atoms with Gasteiger partial charge in [-0.15, -0.1) is 12.4 Å². The number of ether oxygens (including phenoxy) is 2. The molecule has 7 heteroatoms. The molecule has 1 saturated heterocycles. The Bertz CT molecular complexity index is 470. The van der Waals surface area contributed by atoms with Gasteiger partial charge >= 0.3 is 0 Å². The van der Waals surface area contributed by atoms with Crippen LogP contribution >= 0.6 is 12.4 Å². The van der Waals surface area contributed by atoms with Crippen LogP contribution in [0.3, 0.4) is 0 Å². The summed E-state index contributed by atoms with van der Waals surface area (Å²) in [5.41, 5.74) is 0. The maximum absolute atomic E-state index is 13.4. The number of nitrogens with one attached hydrogen (secondary N) is 1. The van der Waals surface area contributed by atoms with Gasteiger partial charge in [0.25, 0.3) is 0 Å². The molecule has 1 aliphatic rings. The number of nitrogens with zero attached hydrogens (tertiary/aromatic N) is 1. The molecule has 1 aromatic carbocycles. The molecule has 2 rings (SSSR count). The molecule has 1 fully saturated rings. The second-order valence-corrected chi connectivity index (χ2v) is 5.00. The first-order valence-electron chi connectivity index (χ1n) is 7.10. The fraction of sp³-hybridized carbons (Fsp3) is 0.533. The number of carbonyl (C=O) groups excluding carboxylic acids is 1. The first-order valence-corrected chi connectivity index (χ1v) is 7.10. The monoisotopic (exact) mass is 332 g/mol. The van der Waals surface area contributed by atoms with Gasteiger partial charge in [0.15, 0.2) is 11.6 Å². The molecule has 1 N–H and O–H groups in total. The van der Waals surface area contributed by atoms with Gasteiger partial charge in [0.2, 0.25) is 5.91 Å². The second kappa shape index (κ2) is 9.61. The fourth-order valence-electron chi connectivity index (χ4n) is 2.08. The molecule has 0 radical (unpaired) electrons. The quantitative estimate of drug-likeness (QED) is 0.857. The van der Waals surface area contributed by atoms with Crippen molar-refractivity contribution in [2.24, 2.45) is 0 Å². The van der Waals surface area contributed by atoms with Crippen LogP contribution in [0.1, 0.15) is 6.42 Å². The minimum atomic E-state index is -0.395. The number of para-hydroxylation sites is 1. The average Bonchev–Trinajstić information content (AvgIpc) is 2.50. The van der Waals surface area contributed by atoms with Crippen molar-refractivity contribution in [3.63, 3.8) is 0 Å². The molecule has 5 nitrogen and oxygen atoms in total. The van der Waals surface area contributed by atoms with E-state index in [4.69, 9.17) is 9.47 Å². The molecule has 0 bridgehead atoms. The van der Waals surface area contributed by atoms with Gasteiger partial charge < -0.3 is 19.7 Å². The van der Waals surface area contributed by atoms with Crippen molar-refractivity contribution >= 4 is 18.3 Å². The maximum atomic E-state index is 13.4. The number of rotatable bonds is 6. The van der Waals surface area contributed by atoms with Crippen LogP contribution in [0.25, 0.3) is 0 Å². The van der Waals surface area contributed by atoms with Gasteiger partial charge in [0.1, 0.15) is 6.61 Å². The zero-order valence-corrected chi connectivity index (χ0v) is 13.4. The Kier molecular flexibility index (Phi) is 8.16. The van der Waals surface area contributed by atoms with Gasteiger partial charge in [-0.05, 0) is 12.1 Å². The molecule has 0 saturated carbocycles. The Morgan fingerprint density at radius 2 is 2.27 bits per heavy atom. The highest BCUT2D eigenvalue weighted by molar-refractivity contribution is 5.85. The largest absolute Gasteiger partial charge is 0.489 e. The summed E-state index contributed by atoms with van der Waals surface area (Å²) in [5.74, 6) is -0.188. The average molecular weight is 333 g/mol. The van der Waals surface area contributed by atoms with Crippen molar-refractivity contribution in [2.75, 3.05) is 39.9 Å². The zero-order chi connectivity index (χ0) is 15.1. The van der Waals surface area contributed by atoms with Crippen LogP contribution in [-0.4, -0.2) is 56.8 Å². The fourth-order valence-corrected chi connectivity index (χ4v) is 2.08. The lowest BCUT2D eigenvalue weighted by Gasteiger charge is -2.25. The molecule has 1 heterocycles. The van der Waals surface area contributed by atoms with E-state index in [1.54, 1.807) is 30.1 Å². The Labute approximate surface area is 136 Å². The lowest BCUT2D eigenvalue weighted by molar-refractivity contribution is -0.133. The Morgan fingerprint density at radius 3 is 2.95 bits per heavy atom. The second-order valence-electron chi connectivity index (χ2n) is 5.00. The minimum Gasteiger partial charge on any atom is -0.489 e. The summed E-state index contributed by atoms with van der Waals surface area (Å²) in [7, 11) is 1.71. The zero-order valence-electron chi connectivity index (χ0n) is 12.6. The minimum absolute atomic E-state index is 0. The number of halogens is 2. The van der Waals surface area contributed by atoms with E-state index in [9.17, 15) is 9.18 Å². The van der Waals surface area contributed by atoms with Crippen molar-refractivity contribution in [3.8, 4) is 5.75 Å². The highest BCUT2D eigenvalue weighted by Gasteiger charge is 2.19. The predicted octanol–water partition coefficient (Wildman–Crippen LogP) is 1.46. The molecule has 1 unspecified atom stereocenters. The lowest BCUT2D eigenvalue weighted by Crippen LogP contribution is -2.42. The molecule has 0 aliphatic carbocycles. The third kappa shape index (κ3) is 5.79. The van der Waals surface area contributed by atoms with Crippen molar-refractivity contribution in [1.29, 1.82) is 0 Å². The Balaban J connectivity index is 0.00000242. The summed E-state index contributed by atoms with van der Waals surface area (Å²) in [6.45, 7) is 2.83. The highest BCUT2D eigenvalue weighted by atomic mass is 35.5. The van der Waals surface area contributed by atoms with Crippen molar-refractivity contribution in [1.82, 2.24) is 10.2 Å². The maximum Gasteiger partial charge on any atom is 0.225 e. The summed E-state index contributed by atoms with van der Waals surface area (Å²) in [6, 6.07) is 6.23. The number of morpholine rings is 1. The predicted molar refractivity (Wildman–Crippen MR) is 84.0 cm³/mol. The molecule has 124 valence electrons. The third-order valence-corrected chi connectivity index (χ3v) is 3.35. The van der Waals surface area contributed by atoms with E-state index in [1.165, 1.54) is 6.07 Å². The van der Waals surface area contributed by atoms with Crippen LogP contribution in [0.4, 0.5) is 4.39 Å². The van der Waals surface area contributed by atoms with E-state index in [-0.39, 0.29) is 36.8 Å². The van der Waals surface area contributed by atoms with Crippen LogP contribution < -0.4 is 10.1 Å². The Hall–Kier alpha value is -1.37. The van der Waals surface area contributed by atoms with Crippen LogP contribution in [0, 0.1) is 5.82 Å². The molecule has 0 aromatic heterocycles. The van der Waals surface area contributed by atoms with Gasteiger partial charge in [-0.2, -0.15) is 0 Å². The van der Waals surface area contributed by atoms with Gasteiger partial charge in [0, 0.05) is 20.1 Å². The number of hydrogen-bond acceptors (Lipinski definition) is 4. The molecule has 1 aliphatic heterocycles. The van der Waals surface area contributed by atoms with Crippen molar-refractivity contribution < 1.29 is 18.7 Å². The summed E-state index contributed by atoms with van der Waals surface area (Å²) in [5, 5.41) is 3.19. The van der Waals surface area contributed by atoms with E-state index >= 15 is 0 Å². The summed E-state index contributed by atoms with van der Waals surface area (Å²) >= 11 is 0. The SMILES string of the molecule is CN(CCOc1ccccc1F)C(=O)CC1CNCCO1.Cl. The van der Waals surface area contributed by atoms with Gasteiger partial charge in [-0.3, -0.25) is 4.79 Å². The molecular formula is C15H22ClFN2O3. The third-order valence-electron chi connectivity index (χ3n) is 3.35. The molecule has 1 amide bonds. The molecule has 22 heavy (non-hydrogen) atoms. The van der Waals surface area contributed by atoms with Gasteiger partial charge in [0.05, 0.1) is 25.7 Å². The molecule has 0 spiro atoms. The summed E-state index contributed by atoms with van der Waals surface area (Å²) < 4.78 is 24.2. The van der Waals surface area contributed by atoms with E-state index in [0.29, 0.717) is 26.1 Å². The number of carbonyl (C=O) groups is 1. The molecular weight excluding hydrogens is 311 g/mol. The van der Waals surface area contributed by atoms with Crippen LogP contribution in [0.5, 0.6) is 5.75 Å². The van der Waals surface area contributed by atoms with Gasteiger partial charge in [-0.25, -0.2) is 4.39 Å². The van der Waals surface area contributed by atoms with E-state index in [0.717, 1.165) is 6.54 Å². The van der Waals surface area contributed by atoms with E-state index in [1.807, 2.05) is 0 Å². The molecule has 1 atom stereocenters. The first-order chi connectivity index (χ1) is 10.2. The lowest BCUT2D eigenvalue weighted by atomic mass is 10.2. The standard InChI is InChI=1S/C15H21FN2O3.ClH/c1-18(15(19)10-12-11-17-6-8-20-12)7-9-21-14-5-3-2-4-13(14)16;/h2-5,12,17H,6-11H2,1H3;1H. The summed E-state index contributed by atoms with van der Waals surface area (Å²) in [4.78, 5) is 13.6. The Morgan fingerprint density at radius 1 is 1.50 bits per heavy atom. The normalized spacial score (nSPS) is 17.5. The van der Waals surface area contributed by atoms with Crippen LogP contribution in [-0.2, 0) is 9.53 Å². The number of likely N-dealkylation sites (N-methyl/N-ethyl adjacent to an activating group) is 1.